The van der Waals surface area contributed by atoms with Crippen molar-refractivity contribution in [1.82, 2.24) is 30.2 Å². The van der Waals surface area contributed by atoms with Crippen molar-refractivity contribution in [1.29, 1.82) is 0 Å². The number of aryl methyl sites for hydroxylation is 1. The van der Waals surface area contributed by atoms with E-state index in [9.17, 15) is 4.79 Å². The summed E-state index contributed by atoms with van der Waals surface area (Å²) in [6.07, 6.45) is 5.52. The third-order valence-electron chi connectivity index (χ3n) is 5.82. The second kappa shape index (κ2) is 11.0. The van der Waals surface area contributed by atoms with E-state index < -0.39 is 0 Å². The largest absolute Gasteiger partial charge is 0.459 e. The molecule has 1 fully saturated rings. The minimum atomic E-state index is -0.289. The van der Waals surface area contributed by atoms with Gasteiger partial charge in [-0.25, -0.2) is 29.7 Å². The highest BCUT2D eigenvalue weighted by atomic mass is 16.5. The van der Waals surface area contributed by atoms with Crippen molar-refractivity contribution in [2.45, 2.75) is 32.3 Å². The van der Waals surface area contributed by atoms with Gasteiger partial charge in [-0.2, -0.15) is 0 Å². The van der Waals surface area contributed by atoms with Gasteiger partial charge in [0.2, 0.25) is 0 Å². The molecule has 9 nitrogen and oxygen atoms in total. The van der Waals surface area contributed by atoms with Crippen LogP contribution in [0.4, 0.5) is 11.6 Å². The van der Waals surface area contributed by atoms with Crippen LogP contribution in [0.3, 0.4) is 0 Å². The predicted octanol–water partition coefficient (Wildman–Crippen LogP) is 3.88. The third kappa shape index (κ3) is 6.05. The Morgan fingerprint density at radius 1 is 0.972 bits per heavy atom. The van der Waals surface area contributed by atoms with Gasteiger partial charge in [0.25, 0.3) is 0 Å². The molecule has 3 aromatic heterocycles. The minimum absolute atomic E-state index is 0.0301. The number of hydrogen-bond acceptors (Lipinski definition) is 9. The number of nitrogens with zero attached hydrogens (tertiary/aromatic N) is 5. The lowest BCUT2D eigenvalue weighted by atomic mass is 10.1. The Morgan fingerprint density at radius 2 is 1.75 bits per heavy atom. The van der Waals surface area contributed by atoms with Gasteiger partial charge in [0.05, 0.1) is 5.56 Å². The van der Waals surface area contributed by atoms with Crippen LogP contribution in [0.25, 0.3) is 11.5 Å². The highest BCUT2D eigenvalue weighted by molar-refractivity contribution is 5.89. The first-order valence-electron chi connectivity index (χ1n) is 12.0. The van der Waals surface area contributed by atoms with Gasteiger partial charge >= 0.3 is 5.97 Å². The summed E-state index contributed by atoms with van der Waals surface area (Å²) in [5.41, 5.74) is 3.08. The Labute approximate surface area is 209 Å². The van der Waals surface area contributed by atoms with Gasteiger partial charge in [0.15, 0.2) is 5.82 Å². The number of hydrogen-bond donors (Lipinski definition) is 2. The summed E-state index contributed by atoms with van der Waals surface area (Å²) in [5.74, 6) is 2.09. The number of rotatable bonds is 7. The molecular formula is C27H27N7O2. The second-order valence-electron chi connectivity index (χ2n) is 8.64. The summed E-state index contributed by atoms with van der Waals surface area (Å²) in [7, 11) is 0. The van der Waals surface area contributed by atoms with E-state index in [1.807, 2.05) is 43.3 Å². The number of ether oxygens (including phenoxy) is 1. The Morgan fingerprint density at radius 3 is 2.58 bits per heavy atom. The summed E-state index contributed by atoms with van der Waals surface area (Å²) in [6.45, 7) is 3.68. The third-order valence-corrected chi connectivity index (χ3v) is 5.82. The molecule has 0 atom stereocenters. The first-order chi connectivity index (χ1) is 17.6. The minimum Gasteiger partial charge on any atom is -0.459 e. The molecule has 4 heterocycles. The fraction of sp³-hybridized carbons (Fsp3) is 0.259. The second-order valence-corrected chi connectivity index (χ2v) is 8.64. The molecule has 0 radical (unpaired) electrons. The van der Waals surface area contributed by atoms with Gasteiger partial charge in [0, 0.05) is 24.5 Å². The fourth-order valence-corrected chi connectivity index (χ4v) is 4.03. The maximum absolute atomic E-state index is 12.6. The van der Waals surface area contributed by atoms with Crippen LogP contribution in [0.1, 0.15) is 40.3 Å². The molecule has 0 bridgehead atoms. The Bertz CT molecular complexity index is 1360. The molecule has 1 aliphatic rings. The molecule has 1 aliphatic heterocycles. The molecule has 2 N–H and O–H groups in total. The average Bonchev–Trinajstić information content (AvgIpc) is 2.90. The molecule has 0 spiro atoms. The van der Waals surface area contributed by atoms with Gasteiger partial charge < -0.3 is 15.4 Å². The Balaban J connectivity index is 1.26. The van der Waals surface area contributed by atoms with E-state index in [0.29, 0.717) is 41.0 Å². The SMILES string of the molecule is Cc1cccc(-c2nccc(Nc3ccnc(Cc4cccc(C(=O)OC5CCNCC5)c4)n3)n2)n1. The summed E-state index contributed by atoms with van der Waals surface area (Å²) in [4.78, 5) is 35.1. The number of carbonyl (C=O) groups is 1. The number of esters is 1. The smallest absolute Gasteiger partial charge is 0.338 e. The standard InChI is InChI=1S/C27H27N7O2/c1-18-4-2-7-22(31-18)26-30-15-11-24(34-26)32-23-10-14-29-25(33-23)17-19-5-3-6-20(16-19)27(35)36-21-8-12-28-13-9-21/h2-7,10-11,14-16,21,28H,8-9,12-13,17H2,1H3,(H,29,30,32,33,34). The van der Waals surface area contributed by atoms with E-state index >= 15 is 0 Å². The molecule has 0 amide bonds. The maximum Gasteiger partial charge on any atom is 0.338 e. The van der Waals surface area contributed by atoms with Crippen molar-refractivity contribution in [3.05, 3.63) is 89.6 Å². The molecule has 5 rings (SSSR count). The Hall–Kier alpha value is -4.24. The van der Waals surface area contributed by atoms with E-state index in [4.69, 9.17) is 4.74 Å². The number of aromatic nitrogens is 5. The summed E-state index contributed by atoms with van der Waals surface area (Å²) >= 11 is 0. The van der Waals surface area contributed by atoms with Gasteiger partial charge in [0.1, 0.15) is 29.3 Å². The number of carbonyl (C=O) groups excluding carboxylic acids is 1. The van der Waals surface area contributed by atoms with Crippen molar-refractivity contribution in [2.75, 3.05) is 18.4 Å². The molecular weight excluding hydrogens is 454 g/mol. The van der Waals surface area contributed by atoms with Crippen molar-refractivity contribution < 1.29 is 9.53 Å². The average molecular weight is 482 g/mol. The van der Waals surface area contributed by atoms with E-state index in [1.165, 1.54) is 0 Å². The first-order valence-corrected chi connectivity index (χ1v) is 12.0. The lowest BCUT2D eigenvalue weighted by molar-refractivity contribution is 0.0229. The lowest BCUT2D eigenvalue weighted by Crippen LogP contribution is -2.33. The molecule has 36 heavy (non-hydrogen) atoms. The van der Waals surface area contributed by atoms with Crippen LogP contribution in [0.2, 0.25) is 0 Å². The monoisotopic (exact) mass is 481 g/mol. The fourth-order valence-electron chi connectivity index (χ4n) is 4.03. The van der Waals surface area contributed by atoms with Crippen LogP contribution in [-0.2, 0) is 11.2 Å². The molecule has 0 unspecified atom stereocenters. The number of anilines is 2. The number of nitrogens with one attached hydrogen (secondary N) is 2. The zero-order valence-electron chi connectivity index (χ0n) is 20.0. The molecule has 0 aliphatic carbocycles. The van der Waals surface area contributed by atoms with Gasteiger partial charge in [-0.1, -0.05) is 18.2 Å². The summed E-state index contributed by atoms with van der Waals surface area (Å²) in [6, 6.07) is 16.7. The van der Waals surface area contributed by atoms with Crippen molar-refractivity contribution >= 4 is 17.6 Å². The van der Waals surface area contributed by atoms with Crippen LogP contribution in [0.5, 0.6) is 0 Å². The highest BCUT2D eigenvalue weighted by Gasteiger charge is 2.18. The number of piperidine rings is 1. The molecule has 0 saturated carbocycles. The van der Waals surface area contributed by atoms with E-state index in [-0.39, 0.29) is 12.1 Å². The predicted molar refractivity (Wildman–Crippen MR) is 136 cm³/mol. The van der Waals surface area contributed by atoms with Crippen LogP contribution in [0.15, 0.2) is 67.0 Å². The zero-order valence-corrected chi connectivity index (χ0v) is 20.0. The zero-order chi connectivity index (χ0) is 24.7. The molecule has 9 heteroatoms. The number of benzene rings is 1. The molecule has 4 aromatic rings. The summed E-state index contributed by atoms with van der Waals surface area (Å²) in [5, 5.41) is 6.50. The van der Waals surface area contributed by atoms with Crippen molar-refractivity contribution in [2.24, 2.45) is 0 Å². The molecule has 1 aromatic carbocycles. The lowest BCUT2D eigenvalue weighted by Gasteiger charge is -2.22. The van der Waals surface area contributed by atoms with Crippen LogP contribution in [-0.4, -0.2) is 50.1 Å². The highest BCUT2D eigenvalue weighted by Crippen LogP contribution is 2.18. The topological polar surface area (TPSA) is 115 Å². The number of pyridine rings is 1. The van der Waals surface area contributed by atoms with Crippen LogP contribution >= 0.6 is 0 Å². The molecule has 1 saturated heterocycles. The van der Waals surface area contributed by atoms with Crippen LogP contribution in [0, 0.1) is 6.92 Å². The normalized spacial score (nSPS) is 13.8. The van der Waals surface area contributed by atoms with Crippen molar-refractivity contribution in [3.63, 3.8) is 0 Å². The quantitative estimate of drug-likeness (QED) is 0.379. The van der Waals surface area contributed by atoms with E-state index in [1.54, 1.807) is 30.6 Å². The van der Waals surface area contributed by atoms with Gasteiger partial charge in [-0.15, -0.1) is 0 Å². The molecule has 182 valence electrons. The van der Waals surface area contributed by atoms with E-state index in [2.05, 4.69) is 35.6 Å². The van der Waals surface area contributed by atoms with Crippen LogP contribution < -0.4 is 10.6 Å². The van der Waals surface area contributed by atoms with Gasteiger partial charge in [-0.05, 0) is 74.8 Å². The first kappa shape index (κ1) is 23.5. The van der Waals surface area contributed by atoms with Crippen molar-refractivity contribution in [3.8, 4) is 11.5 Å². The maximum atomic E-state index is 12.6. The van der Waals surface area contributed by atoms with E-state index in [0.717, 1.165) is 37.2 Å². The Kier molecular flexibility index (Phi) is 7.18. The van der Waals surface area contributed by atoms with Gasteiger partial charge in [-0.3, -0.25) is 0 Å². The summed E-state index contributed by atoms with van der Waals surface area (Å²) < 4.78 is 5.68.